The highest BCUT2D eigenvalue weighted by atomic mass is 16.2. The van der Waals surface area contributed by atoms with Gasteiger partial charge < -0.3 is 22.2 Å². The first-order chi connectivity index (χ1) is 1.91. The van der Waals surface area contributed by atoms with Crippen molar-refractivity contribution in [3.8, 4) is 0 Å². The van der Waals surface area contributed by atoms with E-state index in [4.69, 9.17) is 5.11 Å². The minimum absolute atomic E-state index is 0. The van der Waals surface area contributed by atoms with E-state index in [2.05, 4.69) is 0 Å². The van der Waals surface area contributed by atoms with Gasteiger partial charge in [-0.15, -0.1) is 0 Å². The Morgan fingerprint density at radius 1 is 1.29 bits per heavy atom. The Morgan fingerprint density at radius 3 is 1.43 bits per heavy atom. The van der Waals surface area contributed by atoms with Crippen LogP contribution >= 0.6 is 0 Å². The van der Waals surface area contributed by atoms with E-state index in [1.807, 2.05) is 6.92 Å². The predicted molar refractivity (Wildman–Crippen MR) is 29.6 cm³/mol. The molecule has 4 heteroatoms. The van der Waals surface area contributed by atoms with Crippen LogP contribution in [0.1, 0.15) is 13.3 Å². The Hall–Kier alpha value is -0.160. The van der Waals surface area contributed by atoms with Crippen LogP contribution < -0.4 is 6.15 Å². The third-order valence-corrected chi connectivity index (χ3v) is 0.224. The average molecular weight is 113 g/mol. The second-order valence-electron chi connectivity index (χ2n) is 0.724. The number of rotatable bonds is 1. The summed E-state index contributed by atoms with van der Waals surface area (Å²) in [5.41, 5.74) is 0. The molecule has 0 fully saturated rings. The first-order valence-corrected chi connectivity index (χ1v) is 1.52. The standard InChI is InChI=1S/C3H8O.H3N.2H2O/c1-2-3-4;;;/h4H,2-3H2,1H3;1H3;2*1H2. The Labute approximate surface area is 43.4 Å². The normalized spacial score (nSPS) is 4.29. The summed E-state index contributed by atoms with van der Waals surface area (Å²) in [6.45, 7) is 2.25. The van der Waals surface area contributed by atoms with Crippen molar-refractivity contribution in [2.75, 3.05) is 6.61 Å². The summed E-state index contributed by atoms with van der Waals surface area (Å²) in [6.07, 6.45) is 0.875. The fourth-order valence-corrected chi connectivity index (χ4v) is 0. The largest absolute Gasteiger partial charge is 0.412 e. The van der Waals surface area contributed by atoms with Crippen LogP contribution in [0.3, 0.4) is 0 Å². The summed E-state index contributed by atoms with van der Waals surface area (Å²) < 4.78 is 0. The Morgan fingerprint density at radius 2 is 1.43 bits per heavy atom. The van der Waals surface area contributed by atoms with Crippen molar-refractivity contribution in [3.05, 3.63) is 0 Å². The van der Waals surface area contributed by atoms with Gasteiger partial charge in [-0.05, 0) is 6.42 Å². The molecule has 0 bridgehead atoms. The zero-order chi connectivity index (χ0) is 3.41. The Balaban J connectivity index is -0.0000000150. The summed E-state index contributed by atoms with van der Waals surface area (Å²) >= 11 is 0. The highest BCUT2D eigenvalue weighted by molar-refractivity contribution is 4.10. The van der Waals surface area contributed by atoms with E-state index < -0.39 is 0 Å². The quantitative estimate of drug-likeness (QED) is 0.449. The minimum atomic E-state index is 0. The van der Waals surface area contributed by atoms with Crippen LogP contribution in [0.5, 0.6) is 0 Å². The molecule has 8 N–H and O–H groups in total. The average Bonchev–Trinajstić information content (AvgIpc) is 1.37. The van der Waals surface area contributed by atoms with E-state index in [0.29, 0.717) is 6.61 Å². The molecule has 0 aliphatic heterocycles. The molecule has 0 heterocycles. The van der Waals surface area contributed by atoms with Crippen molar-refractivity contribution in [1.82, 2.24) is 6.15 Å². The molecule has 50 valence electrons. The number of aliphatic hydroxyl groups excluding tert-OH is 1. The fraction of sp³-hybridized carbons (Fsp3) is 1.00. The van der Waals surface area contributed by atoms with Gasteiger partial charge in [-0.1, -0.05) is 6.92 Å². The minimum Gasteiger partial charge on any atom is -0.412 e. The number of hydrogen-bond donors (Lipinski definition) is 2. The first kappa shape index (κ1) is 28.9. The van der Waals surface area contributed by atoms with E-state index in [0.717, 1.165) is 6.42 Å². The number of aliphatic hydroxyl groups is 1. The van der Waals surface area contributed by atoms with Gasteiger partial charge in [-0.25, -0.2) is 0 Å². The Kier molecular flexibility index (Phi) is 167. The smallest absolute Gasteiger partial charge is 0.0428 e. The van der Waals surface area contributed by atoms with Gasteiger partial charge in [-0.2, -0.15) is 0 Å². The molecule has 0 unspecified atom stereocenters. The molecule has 7 heavy (non-hydrogen) atoms. The first-order valence-electron chi connectivity index (χ1n) is 1.52. The third kappa shape index (κ3) is 122. The highest BCUT2D eigenvalue weighted by Gasteiger charge is 1.57. The molecule has 0 saturated carbocycles. The zero-order valence-corrected chi connectivity index (χ0v) is 4.57. The summed E-state index contributed by atoms with van der Waals surface area (Å²) in [5, 5.41) is 7.88. The highest BCUT2D eigenvalue weighted by Crippen LogP contribution is 1.61. The third-order valence-electron chi connectivity index (χ3n) is 0.224. The van der Waals surface area contributed by atoms with Gasteiger partial charge in [0.25, 0.3) is 0 Å². The molecule has 4 nitrogen and oxygen atoms in total. The number of hydrogen-bond acceptors (Lipinski definition) is 2. The van der Waals surface area contributed by atoms with Crippen LogP contribution in [0, 0.1) is 0 Å². The second kappa shape index (κ2) is 40.4. The van der Waals surface area contributed by atoms with Gasteiger partial charge in [0.15, 0.2) is 0 Å². The van der Waals surface area contributed by atoms with Crippen molar-refractivity contribution in [2.45, 2.75) is 13.3 Å². The molecule has 0 aliphatic carbocycles. The lowest BCUT2D eigenvalue weighted by molar-refractivity contribution is 0.295. The van der Waals surface area contributed by atoms with Gasteiger partial charge in [0, 0.05) is 6.61 Å². The van der Waals surface area contributed by atoms with Crippen LogP contribution in [0.2, 0.25) is 0 Å². The summed E-state index contributed by atoms with van der Waals surface area (Å²) in [4.78, 5) is 0. The molecule has 0 aliphatic rings. The summed E-state index contributed by atoms with van der Waals surface area (Å²) in [6, 6.07) is 0. The maximum absolute atomic E-state index is 7.88. The lowest BCUT2D eigenvalue weighted by Gasteiger charge is -1.69. The molecule has 0 rings (SSSR count). The summed E-state index contributed by atoms with van der Waals surface area (Å²) in [7, 11) is 0. The van der Waals surface area contributed by atoms with Gasteiger partial charge in [-0.3, -0.25) is 0 Å². The molecule has 0 radical (unpaired) electrons. The molecule has 0 aromatic rings. The zero-order valence-electron chi connectivity index (χ0n) is 4.57. The van der Waals surface area contributed by atoms with E-state index in [-0.39, 0.29) is 17.1 Å². The molecule has 0 spiro atoms. The maximum atomic E-state index is 7.88. The monoisotopic (exact) mass is 113 g/mol. The van der Waals surface area contributed by atoms with Crippen molar-refractivity contribution < 1.29 is 16.1 Å². The Bertz CT molecular complexity index is 12.1. The SMILES string of the molecule is CCCO.N.O.O. The molecule has 0 aromatic heterocycles. The molecular formula is C3H15NO3. The van der Waals surface area contributed by atoms with Crippen molar-refractivity contribution in [1.29, 1.82) is 0 Å². The van der Waals surface area contributed by atoms with Crippen molar-refractivity contribution in [3.63, 3.8) is 0 Å². The van der Waals surface area contributed by atoms with Gasteiger partial charge in [0.1, 0.15) is 0 Å². The fourth-order valence-electron chi connectivity index (χ4n) is 0. The van der Waals surface area contributed by atoms with Crippen LogP contribution in [-0.4, -0.2) is 22.7 Å². The van der Waals surface area contributed by atoms with Crippen molar-refractivity contribution >= 4 is 0 Å². The van der Waals surface area contributed by atoms with Crippen molar-refractivity contribution in [2.24, 2.45) is 0 Å². The van der Waals surface area contributed by atoms with Gasteiger partial charge in [0.05, 0.1) is 0 Å². The molecule has 0 atom stereocenters. The predicted octanol–water partition coefficient (Wildman–Crippen LogP) is -1.10. The molecule has 0 aromatic carbocycles. The van der Waals surface area contributed by atoms with Gasteiger partial charge >= 0.3 is 0 Å². The van der Waals surface area contributed by atoms with E-state index >= 15 is 0 Å². The van der Waals surface area contributed by atoms with Crippen LogP contribution in [0.4, 0.5) is 0 Å². The molecule has 0 saturated heterocycles. The van der Waals surface area contributed by atoms with Crippen LogP contribution in [0.15, 0.2) is 0 Å². The lowest BCUT2D eigenvalue weighted by atomic mass is 10.5. The topological polar surface area (TPSA) is 118 Å². The van der Waals surface area contributed by atoms with E-state index in [1.54, 1.807) is 0 Å². The van der Waals surface area contributed by atoms with Gasteiger partial charge in [0.2, 0.25) is 0 Å². The van der Waals surface area contributed by atoms with E-state index in [1.165, 1.54) is 0 Å². The molecular weight excluding hydrogens is 98.0 g/mol. The molecule has 0 amide bonds. The maximum Gasteiger partial charge on any atom is 0.0428 e. The summed E-state index contributed by atoms with van der Waals surface area (Å²) in [5.74, 6) is 0. The lowest BCUT2D eigenvalue weighted by Crippen LogP contribution is -1.69. The van der Waals surface area contributed by atoms with Crippen LogP contribution in [-0.2, 0) is 0 Å². The second-order valence-corrected chi connectivity index (χ2v) is 0.724. The van der Waals surface area contributed by atoms with E-state index in [9.17, 15) is 0 Å². The van der Waals surface area contributed by atoms with Crippen LogP contribution in [0.25, 0.3) is 0 Å².